The lowest BCUT2D eigenvalue weighted by atomic mass is 10.0. The third kappa shape index (κ3) is 7.31. The molecule has 126 valence electrons. The molecule has 0 radical (unpaired) electrons. The highest BCUT2D eigenvalue weighted by atomic mass is 35.5. The van der Waals surface area contributed by atoms with Gasteiger partial charge in [0.2, 0.25) is 11.8 Å². The fraction of sp³-hybridized carbons (Fsp3) is 0.846. The Bertz CT molecular complexity index is 321. The van der Waals surface area contributed by atoms with Gasteiger partial charge in [-0.05, 0) is 26.7 Å². The van der Waals surface area contributed by atoms with Crippen molar-refractivity contribution in [1.82, 2.24) is 15.1 Å². The van der Waals surface area contributed by atoms with E-state index in [0.29, 0.717) is 6.04 Å². The molecule has 0 unspecified atom stereocenters. The summed E-state index contributed by atoms with van der Waals surface area (Å²) >= 11 is 0. The van der Waals surface area contributed by atoms with E-state index in [0.717, 1.165) is 25.9 Å². The Morgan fingerprint density at radius 1 is 1.29 bits per heavy atom. The van der Waals surface area contributed by atoms with Crippen molar-refractivity contribution in [2.24, 2.45) is 5.73 Å². The van der Waals surface area contributed by atoms with E-state index in [1.165, 1.54) is 0 Å². The summed E-state index contributed by atoms with van der Waals surface area (Å²) < 4.78 is 0. The molecule has 21 heavy (non-hydrogen) atoms. The lowest BCUT2D eigenvalue weighted by Gasteiger charge is -2.38. The van der Waals surface area contributed by atoms with Gasteiger partial charge in [0, 0.05) is 32.2 Å². The Morgan fingerprint density at radius 3 is 2.24 bits per heavy atom. The van der Waals surface area contributed by atoms with Gasteiger partial charge in [-0.15, -0.1) is 24.8 Å². The first-order valence-electron chi connectivity index (χ1n) is 6.92. The number of amides is 2. The molecule has 1 saturated heterocycles. The molecule has 1 heterocycles. The summed E-state index contributed by atoms with van der Waals surface area (Å²) in [5.41, 5.74) is 5.18. The van der Waals surface area contributed by atoms with Gasteiger partial charge in [0.15, 0.2) is 0 Å². The van der Waals surface area contributed by atoms with Gasteiger partial charge >= 0.3 is 0 Å². The van der Waals surface area contributed by atoms with Crippen LogP contribution >= 0.6 is 24.8 Å². The Hall–Kier alpha value is -0.560. The van der Waals surface area contributed by atoms with Crippen LogP contribution in [0.5, 0.6) is 0 Å². The maximum atomic E-state index is 11.9. The highest BCUT2D eigenvalue weighted by molar-refractivity contribution is 5.86. The number of nitrogens with zero attached hydrogens (tertiary/aromatic N) is 2. The molecule has 1 aliphatic rings. The molecule has 0 atom stereocenters. The lowest BCUT2D eigenvalue weighted by molar-refractivity contribution is -0.134. The average Bonchev–Trinajstić information content (AvgIpc) is 2.43. The number of carbonyl (C=O) groups excluding carboxylic acids is 2. The molecule has 1 fully saturated rings. The molecule has 8 heteroatoms. The number of nitrogens with one attached hydrogen (secondary N) is 1. The van der Waals surface area contributed by atoms with Crippen LogP contribution in [0.25, 0.3) is 0 Å². The van der Waals surface area contributed by atoms with Crippen LogP contribution in [0.3, 0.4) is 0 Å². The zero-order chi connectivity index (χ0) is 14.4. The quantitative estimate of drug-likeness (QED) is 0.749. The van der Waals surface area contributed by atoms with Crippen molar-refractivity contribution in [2.75, 3.05) is 33.2 Å². The highest BCUT2D eigenvalue weighted by Crippen LogP contribution is 2.17. The number of halogens is 2. The standard InChI is InChI=1S/C13H26N4O2.2ClH/c1-10(2)17-6-4-11(5-7-17)16(3)13(19)9-15-12(18)8-14;;/h10-11H,4-9,14H2,1-3H3,(H,15,18);2*1H. The van der Waals surface area contributed by atoms with Gasteiger partial charge in [0.25, 0.3) is 0 Å². The number of nitrogens with two attached hydrogens (primary N) is 1. The van der Waals surface area contributed by atoms with E-state index >= 15 is 0 Å². The minimum Gasteiger partial charge on any atom is -0.346 e. The summed E-state index contributed by atoms with van der Waals surface area (Å²) in [5, 5.41) is 2.51. The van der Waals surface area contributed by atoms with Crippen LogP contribution in [0.4, 0.5) is 0 Å². The Labute approximate surface area is 139 Å². The Balaban J connectivity index is 0. The van der Waals surface area contributed by atoms with Crippen molar-refractivity contribution >= 4 is 36.6 Å². The van der Waals surface area contributed by atoms with Gasteiger partial charge in [0.05, 0.1) is 13.1 Å². The van der Waals surface area contributed by atoms with Crippen molar-refractivity contribution in [1.29, 1.82) is 0 Å². The number of hydrogen-bond donors (Lipinski definition) is 2. The summed E-state index contributed by atoms with van der Waals surface area (Å²) in [6.45, 7) is 6.39. The van der Waals surface area contributed by atoms with Crippen LogP contribution in [-0.4, -0.2) is 66.9 Å². The fourth-order valence-corrected chi connectivity index (χ4v) is 2.36. The maximum Gasteiger partial charge on any atom is 0.241 e. The number of carbonyl (C=O) groups is 2. The number of rotatable bonds is 5. The topological polar surface area (TPSA) is 78.7 Å². The van der Waals surface area contributed by atoms with Crippen molar-refractivity contribution < 1.29 is 9.59 Å². The van der Waals surface area contributed by atoms with Crippen molar-refractivity contribution in [3.8, 4) is 0 Å². The molecule has 1 aliphatic heterocycles. The van der Waals surface area contributed by atoms with Crippen LogP contribution in [0, 0.1) is 0 Å². The van der Waals surface area contributed by atoms with Gasteiger partial charge in [-0.2, -0.15) is 0 Å². The molecule has 0 aromatic rings. The summed E-state index contributed by atoms with van der Waals surface area (Å²) in [5.74, 6) is -0.346. The molecular weight excluding hydrogens is 315 g/mol. The SMILES string of the molecule is CC(C)N1CCC(N(C)C(=O)CNC(=O)CN)CC1.Cl.Cl. The molecule has 0 bridgehead atoms. The normalized spacial score (nSPS) is 15.9. The van der Waals surface area contributed by atoms with E-state index in [9.17, 15) is 9.59 Å². The Kier molecular flexibility index (Phi) is 12.0. The summed E-state index contributed by atoms with van der Waals surface area (Å²) in [4.78, 5) is 27.1. The van der Waals surface area contributed by atoms with E-state index in [4.69, 9.17) is 5.73 Å². The third-order valence-corrected chi connectivity index (χ3v) is 3.79. The summed E-state index contributed by atoms with van der Waals surface area (Å²) in [6, 6.07) is 0.836. The van der Waals surface area contributed by atoms with Crippen molar-refractivity contribution in [3.63, 3.8) is 0 Å². The van der Waals surface area contributed by atoms with Gasteiger partial charge in [0.1, 0.15) is 0 Å². The Morgan fingerprint density at radius 2 is 1.81 bits per heavy atom. The van der Waals surface area contributed by atoms with Crippen LogP contribution in [0.2, 0.25) is 0 Å². The van der Waals surface area contributed by atoms with Crippen molar-refractivity contribution in [2.45, 2.75) is 38.8 Å². The van der Waals surface area contributed by atoms with Crippen LogP contribution in [-0.2, 0) is 9.59 Å². The van der Waals surface area contributed by atoms with Gasteiger partial charge in [-0.3, -0.25) is 9.59 Å². The van der Waals surface area contributed by atoms with E-state index in [1.807, 2.05) is 7.05 Å². The number of likely N-dealkylation sites (tertiary alicyclic amines) is 1. The first-order chi connectivity index (χ1) is 8.95. The molecule has 3 N–H and O–H groups in total. The number of piperidine rings is 1. The fourth-order valence-electron chi connectivity index (χ4n) is 2.36. The molecule has 2 amide bonds. The van der Waals surface area contributed by atoms with Gasteiger partial charge in [-0.1, -0.05) is 0 Å². The highest BCUT2D eigenvalue weighted by Gasteiger charge is 2.26. The third-order valence-electron chi connectivity index (χ3n) is 3.79. The monoisotopic (exact) mass is 342 g/mol. The average molecular weight is 343 g/mol. The number of hydrogen-bond acceptors (Lipinski definition) is 4. The summed E-state index contributed by atoms with van der Waals surface area (Å²) in [7, 11) is 1.81. The zero-order valence-corrected chi connectivity index (χ0v) is 14.6. The van der Waals surface area contributed by atoms with Gasteiger partial charge < -0.3 is 20.9 Å². The molecule has 0 saturated carbocycles. The molecule has 6 nitrogen and oxygen atoms in total. The van der Waals surface area contributed by atoms with E-state index < -0.39 is 0 Å². The van der Waals surface area contributed by atoms with E-state index in [-0.39, 0.29) is 55.8 Å². The second-order valence-electron chi connectivity index (χ2n) is 5.35. The molecule has 0 spiro atoms. The smallest absolute Gasteiger partial charge is 0.241 e. The molecule has 0 aliphatic carbocycles. The largest absolute Gasteiger partial charge is 0.346 e. The summed E-state index contributed by atoms with van der Waals surface area (Å²) in [6.07, 6.45) is 1.98. The van der Waals surface area contributed by atoms with E-state index in [1.54, 1.807) is 4.90 Å². The van der Waals surface area contributed by atoms with Crippen molar-refractivity contribution in [3.05, 3.63) is 0 Å². The van der Waals surface area contributed by atoms with Gasteiger partial charge in [-0.25, -0.2) is 0 Å². The van der Waals surface area contributed by atoms with Crippen LogP contribution in [0.1, 0.15) is 26.7 Å². The second kappa shape index (κ2) is 11.1. The lowest BCUT2D eigenvalue weighted by Crippen LogP contribution is -2.49. The second-order valence-corrected chi connectivity index (χ2v) is 5.35. The zero-order valence-electron chi connectivity index (χ0n) is 13.0. The van der Waals surface area contributed by atoms with Crippen LogP contribution < -0.4 is 11.1 Å². The first kappa shape index (κ1) is 22.7. The molecule has 0 aromatic carbocycles. The number of likely N-dealkylation sites (N-methyl/N-ethyl adjacent to an activating group) is 1. The first-order valence-corrected chi connectivity index (χ1v) is 6.92. The predicted octanol–water partition coefficient (Wildman–Crippen LogP) is 0.236. The predicted molar refractivity (Wildman–Crippen MR) is 89.1 cm³/mol. The van der Waals surface area contributed by atoms with Crippen LogP contribution in [0.15, 0.2) is 0 Å². The molecule has 1 rings (SSSR count). The minimum absolute atomic E-state index is 0. The van der Waals surface area contributed by atoms with E-state index in [2.05, 4.69) is 24.1 Å². The molecular formula is C13H28Cl2N4O2. The minimum atomic E-state index is -0.295. The maximum absolute atomic E-state index is 11.9. The molecule has 0 aromatic heterocycles.